The molecular formula is C12H13Cl3N2O3. The Morgan fingerprint density at radius 2 is 1.75 bits per heavy atom. The molecule has 0 atom stereocenters. The first-order chi connectivity index (χ1) is 9.33. The monoisotopic (exact) mass is 338 g/mol. The van der Waals surface area contributed by atoms with Gasteiger partial charge >= 0.3 is 5.97 Å². The van der Waals surface area contributed by atoms with Crippen molar-refractivity contribution >= 4 is 52.4 Å². The van der Waals surface area contributed by atoms with Crippen molar-refractivity contribution in [2.24, 2.45) is 0 Å². The molecule has 0 radical (unpaired) electrons. The lowest BCUT2D eigenvalue weighted by atomic mass is 10.3. The summed E-state index contributed by atoms with van der Waals surface area (Å²) in [5, 5.41) is 3.46. The molecule has 1 rings (SSSR count). The van der Waals surface area contributed by atoms with Crippen molar-refractivity contribution in [1.82, 2.24) is 4.90 Å². The second-order valence-corrected chi connectivity index (χ2v) is 5.26. The number of carbonyl (C=O) groups excluding carboxylic acids is 2. The van der Waals surface area contributed by atoms with Gasteiger partial charge in [-0.2, -0.15) is 0 Å². The summed E-state index contributed by atoms with van der Waals surface area (Å²) < 4.78 is 4.50. The van der Waals surface area contributed by atoms with Crippen LogP contribution >= 0.6 is 34.8 Å². The van der Waals surface area contributed by atoms with Crippen molar-refractivity contribution in [2.75, 3.05) is 32.6 Å². The highest BCUT2D eigenvalue weighted by Crippen LogP contribution is 2.32. The number of esters is 1. The molecule has 1 aromatic carbocycles. The van der Waals surface area contributed by atoms with E-state index in [1.165, 1.54) is 24.1 Å². The molecule has 0 aromatic heterocycles. The summed E-state index contributed by atoms with van der Waals surface area (Å²) >= 11 is 17.6. The number of methoxy groups -OCH3 is 1. The molecule has 1 aromatic rings. The average molecular weight is 340 g/mol. The minimum absolute atomic E-state index is 0.00563. The Balaban J connectivity index is 2.63. The molecule has 20 heavy (non-hydrogen) atoms. The van der Waals surface area contributed by atoms with E-state index in [0.717, 1.165) is 0 Å². The molecule has 0 aliphatic rings. The van der Waals surface area contributed by atoms with Gasteiger partial charge in [0.05, 0.1) is 41.0 Å². The first kappa shape index (κ1) is 17.0. The number of hydrogen-bond acceptors (Lipinski definition) is 4. The summed E-state index contributed by atoms with van der Waals surface area (Å²) in [5.41, 5.74) is 0.359. The second-order valence-electron chi connectivity index (χ2n) is 4.04. The highest BCUT2D eigenvalue weighted by molar-refractivity contribution is 6.44. The fraction of sp³-hybridized carbons (Fsp3) is 0.333. The fourth-order valence-corrected chi connectivity index (χ4v) is 1.99. The Bertz CT molecular complexity index is 523. The van der Waals surface area contributed by atoms with Crippen molar-refractivity contribution in [3.05, 3.63) is 27.2 Å². The molecule has 0 aliphatic carbocycles. The average Bonchev–Trinajstić information content (AvgIpc) is 2.35. The molecule has 8 heteroatoms. The lowest BCUT2D eigenvalue weighted by Crippen LogP contribution is -2.34. The largest absolute Gasteiger partial charge is 0.468 e. The molecule has 0 saturated carbocycles. The lowest BCUT2D eigenvalue weighted by molar-refractivity contribution is -0.141. The molecule has 1 amide bonds. The van der Waals surface area contributed by atoms with E-state index in [2.05, 4.69) is 10.1 Å². The smallest absolute Gasteiger partial charge is 0.319 e. The number of ether oxygens (including phenoxy) is 1. The van der Waals surface area contributed by atoms with E-state index in [4.69, 9.17) is 34.8 Å². The van der Waals surface area contributed by atoms with Gasteiger partial charge in [0.1, 0.15) is 0 Å². The number of benzene rings is 1. The van der Waals surface area contributed by atoms with Crippen LogP contribution in [-0.2, 0) is 14.3 Å². The highest BCUT2D eigenvalue weighted by atomic mass is 35.5. The summed E-state index contributed by atoms with van der Waals surface area (Å²) in [6.45, 7) is 0.0186. The van der Waals surface area contributed by atoms with Crippen molar-refractivity contribution in [3.8, 4) is 0 Å². The molecule has 0 fully saturated rings. The molecular weight excluding hydrogens is 327 g/mol. The Labute approximate surface area is 131 Å². The maximum absolute atomic E-state index is 11.8. The van der Waals surface area contributed by atoms with Crippen LogP contribution in [0.4, 0.5) is 5.69 Å². The van der Waals surface area contributed by atoms with Gasteiger partial charge in [0.15, 0.2) is 0 Å². The third kappa shape index (κ3) is 5.17. The van der Waals surface area contributed by atoms with Crippen molar-refractivity contribution in [2.45, 2.75) is 0 Å². The van der Waals surface area contributed by atoms with Gasteiger partial charge in [-0.1, -0.05) is 34.8 Å². The maximum atomic E-state index is 11.8. The molecule has 5 nitrogen and oxygen atoms in total. The van der Waals surface area contributed by atoms with E-state index >= 15 is 0 Å². The van der Waals surface area contributed by atoms with Crippen LogP contribution in [-0.4, -0.2) is 44.0 Å². The van der Waals surface area contributed by atoms with Gasteiger partial charge in [-0.25, -0.2) is 0 Å². The third-order valence-corrected chi connectivity index (χ3v) is 3.36. The standard InChI is InChI=1S/C12H13Cl3N2O3/c1-17(6-12(19)20-2)5-11(18)16-10-4-8(14)7(13)3-9(10)15/h3-4H,5-6H2,1-2H3,(H,16,18). The van der Waals surface area contributed by atoms with Crippen molar-refractivity contribution in [3.63, 3.8) is 0 Å². The SMILES string of the molecule is COC(=O)CN(C)CC(=O)Nc1cc(Cl)c(Cl)cc1Cl. The molecule has 0 bridgehead atoms. The first-order valence-electron chi connectivity index (χ1n) is 5.53. The molecule has 0 spiro atoms. The summed E-state index contributed by atoms with van der Waals surface area (Å²) in [6.07, 6.45) is 0. The van der Waals surface area contributed by atoms with Crippen LogP contribution in [0.1, 0.15) is 0 Å². The van der Waals surface area contributed by atoms with E-state index in [1.54, 1.807) is 7.05 Å². The van der Waals surface area contributed by atoms with Gasteiger partial charge in [-0.15, -0.1) is 0 Å². The normalized spacial score (nSPS) is 10.5. The summed E-state index contributed by atoms with van der Waals surface area (Å²) in [4.78, 5) is 24.4. The zero-order chi connectivity index (χ0) is 15.3. The second kappa shape index (κ2) is 7.69. The Kier molecular flexibility index (Phi) is 6.55. The van der Waals surface area contributed by atoms with E-state index in [-0.39, 0.29) is 29.0 Å². The molecule has 0 aliphatic heterocycles. The van der Waals surface area contributed by atoms with Crippen LogP contribution in [0, 0.1) is 0 Å². The number of likely N-dealkylation sites (N-methyl/N-ethyl adjacent to an activating group) is 1. The quantitative estimate of drug-likeness (QED) is 0.662. The Morgan fingerprint density at radius 1 is 1.15 bits per heavy atom. The molecule has 110 valence electrons. The molecule has 0 unspecified atom stereocenters. The highest BCUT2D eigenvalue weighted by Gasteiger charge is 2.13. The van der Waals surface area contributed by atoms with Crippen LogP contribution in [0.5, 0.6) is 0 Å². The zero-order valence-electron chi connectivity index (χ0n) is 10.9. The number of rotatable bonds is 5. The third-order valence-electron chi connectivity index (χ3n) is 2.32. The molecule has 0 saturated heterocycles. The van der Waals surface area contributed by atoms with Crippen LogP contribution in [0.25, 0.3) is 0 Å². The topological polar surface area (TPSA) is 58.6 Å². The number of hydrogen-bond donors (Lipinski definition) is 1. The van der Waals surface area contributed by atoms with Crippen LogP contribution in [0.2, 0.25) is 15.1 Å². The van der Waals surface area contributed by atoms with Gasteiger partial charge in [0, 0.05) is 0 Å². The summed E-state index contributed by atoms with van der Waals surface area (Å²) in [7, 11) is 2.90. The van der Waals surface area contributed by atoms with E-state index in [9.17, 15) is 9.59 Å². The minimum atomic E-state index is -0.423. The maximum Gasteiger partial charge on any atom is 0.319 e. The lowest BCUT2D eigenvalue weighted by Gasteiger charge is -2.15. The minimum Gasteiger partial charge on any atom is -0.468 e. The number of nitrogens with one attached hydrogen (secondary N) is 1. The summed E-state index contributed by atoms with van der Waals surface area (Å²) in [6, 6.07) is 2.91. The predicted molar refractivity (Wildman–Crippen MR) is 79.6 cm³/mol. The Hall–Kier alpha value is -1.01. The molecule has 0 heterocycles. The van der Waals surface area contributed by atoms with E-state index in [1.807, 2.05) is 0 Å². The van der Waals surface area contributed by atoms with Gasteiger partial charge in [-0.3, -0.25) is 14.5 Å². The summed E-state index contributed by atoms with van der Waals surface area (Å²) in [5.74, 6) is -0.760. The van der Waals surface area contributed by atoms with Gasteiger partial charge < -0.3 is 10.1 Å². The van der Waals surface area contributed by atoms with E-state index in [0.29, 0.717) is 10.7 Å². The van der Waals surface area contributed by atoms with Gasteiger partial charge in [-0.05, 0) is 19.2 Å². The van der Waals surface area contributed by atoms with E-state index < -0.39 is 5.97 Å². The Morgan fingerprint density at radius 3 is 2.35 bits per heavy atom. The zero-order valence-corrected chi connectivity index (χ0v) is 13.1. The number of anilines is 1. The number of nitrogens with zero attached hydrogens (tertiary/aromatic N) is 1. The van der Waals surface area contributed by atoms with Crippen LogP contribution in [0.3, 0.4) is 0 Å². The number of amides is 1. The van der Waals surface area contributed by atoms with Crippen LogP contribution in [0.15, 0.2) is 12.1 Å². The first-order valence-corrected chi connectivity index (χ1v) is 6.66. The number of carbonyl (C=O) groups is 2. The predicted octanol–water partition coefficient (Wildman–Crippen LogP) is 2.69. The van der Waals surface area contributed by atoms with Gasteiger partial charge in [0.25, 0.3) is 0 Å². The van der Waals surface area contributed by atoms with Crippen molar-refractivity contribution < 1.29 is 14.3 Å². The fourth-order valence-electron chi connectivity index (χ4n) is 1.39. The molecule has 1 N–H and O–H groups in total. The van der Waals surface area contributed by atoms with Crippen LogP contribution < -0.4 is 5.32 Å². The van der Waals surface area contributed by atoms with Gasteiger partial charge in [0.2, 0.25) is 5.91 Å². The van der Waals surface area contributed by atoms with Crippen molar-refractivity contribution in [1.29, 1.82) is 0 Å². The number of halogens is 3.